The fourth-order valence-electron chi connectivity index (χ4n) is 2.06. The van der Waals surface area contributed by atoms with Gasteiger partial charge in [0.1, 0.15) is 0 Å². The van der Waals surface area contributed by atoms with Gasteiger partial charge in [0.25, 0.3) is 0 Å². The monoisotopic (exact) mass is 248 g/mol. The second-order valence-electron chi connectivity index (χ2n) is 5.65. The van der Waals surface area contributed by atoms with Crippen LogP contribution < -0.4 is 0 Å². The Bertz CT molecular complexity index is 266. The SMILES string of the molecule is CC(C)c1ccccc1C(C)C.CCCCCC. The molecule has 0 radical (unpaired) electrons. The Morgan fingerprint density at radius 1 is 0.722 bits per heavy atom. The van der Waals surface area contributed by atoms with Crippen LogP contribution in [0.2, 0.25) is 0 Å². The molecule has 1 rings (SSSR count). The lowest BCUT2D eigenvalue weighted by molar-refractivity contribution is 0.702. The summed E-state index contributed by atoms with van der Waals surface area (Å²) >= 11 is 0. The quantitative estimate of drug-likeness (QED) is 0.520. The van der Waals surface area contributed by atoms with Gasteiger partial charge in [-0.3, -0.25) is 0 Å². The summed E-state index contributed by atoms with van der Waals surface area (Å²) in [6, 6.07) is 8.72. The van der Waals surface area contributed by atoms with E-state index in [4.69, 9.17) is 0 Å². The van der Waals surface area contributed by atoms with Gasteiger partial charge in [0.15, 0.2) is 0 Å². The molecule has 0 aliphatic heterocycles. The molecular formula is C18H32. The molecule has 0 unspecified atom stereocenters. The Morgan fingerprint density at radius 3 is 1.28 bits per heavy atom. The molecule has 0 saturated heterocycles. The summed E-state index contributed by atoms with van der Waals surface area (Å²) in [5.41, 5.74) is 2.99. The fraction of sp³-hybridized carbons (Fsp3) is 0.667. The van der Waals surface area contributed by atoms with Crippen LogP contribution in [0, 0.1) is 0 Å². The normalized spacial score (nSPS) is 10.4. The zero-order valence-corrected chi connectivity index (χ0v) is 13.3. The summed E-state index contributed by atoms with van der Waals surface area (Å²) in [6.45, 7) is 13.5. The maximum atomic E-state index is 2.25. The van der Waals surface area contributed by atoms with E-state index in [1.165, 1.54) is 36.8 Å². The van der Waals surface area contributed by atoms with E-state index in [0.717, 1.165) is 0 Å². The van der Waals surface area contributed by atoms with Crippen molar-refractivity contribution in [3.8, 4) is 0 Å². The third-order valence-electron chi connectivity index (χ3n) is 3.20. The van der Waals surface area contributed by atoms with E-state index >= 15 is 0 Å². The van der Waals surface area contributed by atoms with Gasteiger partial charge in [-0.2, -0.15) is 0 Å². The van der Waals surface area contributed by atoms with Gasteiger partial charge in [-0.1, -0.05) is 91.5 Å². The molecule has 0 aliphatic carbocycles. The van der Waals surface area contributed by atoms with Crippen molar-refractivity contribution in [3.05, 3.63) is 35.4 Å². The summed E-state index contributed by atoms with van der Waals surface area (Å²) in [4.78, 5) is 0. The van der Waals surface area contributed by atoms with E-state index in [9.17, 15) is 0 Å². The van der Waals surface area contributed by atoms with Gasteiger partial charge in [-0.05, 0) is 23.0 Å². The largest absolute Gasteiger partial charge is 0.0654 e. The maximum Gasteiger partial charge on any atom is -0.0216 e. The standard InChI is InChI=1S/C12H18.C6H14/c1-9(2)11-7-5-6-8-12(11)10(3)4;1-3-5-6-4-2/h5-10H,1-4H3;3-6H2,1-2H3. The highest BCUT2D eigenvalue weighted by molar-refractivity contribution is 5.31. The predicted octanol–water partition coefficient (Wildman–Crippen LogP) is 6.52. The molecule has 0 bridgehead atoms. The molecule has 0 N–H and O–H groups in total. The number of unbranched alkanes of at least 4 members (excludes halogenated alkanes) is 3. The molecule has 0 saturated carbocycles. The molecule has 1 aromatic rings. The van der Waals surface area contributed by atoms with Crippen molar-refractivity contribution < 1.29 is 0 Å². The Hall–Kier alpha value is -0.780. The van der Waals surface area contributed by atoms with Crippen LogP contribution in [0.3, 0.4) is 0 Å². The summed E-state index contributed by atoms with van der Waals surface area (Å²) in [7, 11) is 0. The smallest absolute Gasteiger partial charge is 0.0216 e. The molecule has 0 nitrogen and oxygen atoms in total. The predicted molar refractivity (Wildman–Crippen MR) is 84.4 cm³/mol. The molecule has 0 fully saturated rings. The first kappa shape index (κ1) is 17.2. The van der Waals surface area contributed by atoms with E-state index in [1.54, 1.807) is 0 Å². The van der Waals surface area contributed by atoms with Gasteiger partial charge in [-0.15, -0.1) is 0 Å². The van der Waals surface area contributed by atoms with Crippen LogP contribution in [-0.2, 0) is 0 Å². The molecule has 18 heavy (non-hydrogen) atoms. The summed E-state index contributed by atoms with van der Waals surface area (Å²) in [6.07, 6.45) is 5.54. The van der Waals surface area contributed by atoms with Gasteiger partial charge in [0.05, 0.1) is 0 Å². The van der Waals surface area contributed by atoms with Crippen LogP contribution >= 0.6 is 0 Å². The van der Waals surface area contributed by atoms with Gasteiger partial charge >= 0.3 is 0 Å². The van der Waals surface area contributed by atoms with Crippen molar-refractivity contribution in [1.82, 2.24) is 0 Å². The molecule has 0 amide bonds. The molecule has 0 spiro atoms. The molecular weight excluding hydrogens is 216 g/mol. The van der Waals surface area contributed by atoms with Crippen molar-refractivity contribution in [2.24, 2.45) is 0 Å². The topological polar surface area (TPSA) is 0 Å². The third-order valence-corrected chi connectivity index (χ3v) is 3.20. The second-order valence-corrected chi connectivity index (χ2v) is 5.65. The second kappa shape index (κ2) is 10.2. The number of rotatable bonds is 5. The van der Waals surface area contributed by atoms with Crippen molar-refractivity contribution >= 4 is 0 Å². The first-order chi connectivity index (χ1) is 8.54. The van der Waals surface area contributed by atoms with Crippen molar-refractivity contribution in [2.45, 2.75) is 79.1 Å². The lowest BCUT2D eigenvalue weighted by Gasteiger charge is -2.14. The van der Waals surface area contributed by atoms with E-state index < -0.39 is 0 Å². The zero-order chi connectivity index (χ0) is 14.0. The van der Waals surface area contributed by atoms with Crippen LogP contribution in [0.15, 0.2) is 24.3 Å². The number of hydrogen-bond donors (Lipinski definition) is 0. The molecule has 1 aromatic carbocycles. The first-order valence-corrected chi connectivity index (χ1v) is 7.63. The van der Waals surface area contributed by atoms with Crippen LogP contribution in [0.5, 0.6) is 0 Å². The van der Waals surface area contributed by atoms with Crippen LogP contribution in [0.4, 0.5) is 0 Å². The fourth-order valence-corrected chi connectivity index (χ4v) is 2.06. The Labute approximate surface area is 115 Å². The molecule has 0 aromatic heterocycles. The zero-order valence-electron chi connectivity index (χ0n) is 13.3. The minimum Gasteiger partial charge on any atom is -0.0654 e. The minimum absolute atomic E-state index is 0.642. The number of benzene rings is 1. The minimum atomic E-state index is 0.642. The lowest BCUT2D eigenvalue weighted by Crippen LogP contribution is -1.97. The molecule has 0 heteroatoms. The highest BCUT2D eigenvalue weighted by Crippen LogP contribution is 2.25. The van der Waals surface area contributed by atoms with Gasteiger partial charge in [0.2, 0.25) is 0 Å². The molecule has 0 atom stereocenters. The van der Waals surface area contributed by atoms with E-state index in [2.05, 4.69) is 65.8 Å². The van der Waals surface area contributed by atoms with E-state index in [-0.39, 0.29) is 0 Å². The van der Waals surface area contributed by atoms with Crippen LogP contribution in [0.25, 0.3) is 0 Å². The van der Waals surface area contributed by atoms with Crippen LogP contribution in [0.1, 0.15) is 90.2 Å². The average Bonchev–Trinajstić information content (AvgIpc) is 2.37. The van der Waals surface area contributed by atoms with E-state index in [0.29, 0.717) is 11.8 Å². The first-order valence-electron chi connectivity index (χ1n) is 7.63. The summed E-state index contributed by atoms with van der Waals surface area (Å²) in [5.74, 6) is 1.28. The average molecular weight is 248 g/mol. The highest BCUT2D eigenvalue weighted by Gasteiger charge is 2.07. The third kappa shape index (κ3) is 6.83. The highest BCUT2D eigenvalue weighted by atomic mass is 14.1. The Balaban J connectivity index is 0.000000411. The summed E-state index contributed by atoms with van der Waals surface area (Å²) in [5, 5.41) is 0. The van der Waals surface area contributed by atoms with Crippen LogP contribution in [-0.4, -0.2) is 0 Å². The molecule has 104 valence electrons. The van der Waals surface area contributed by atoms with Gasteiger partial charge in [-0.25, -0.2) is 0 Å². The molecule has 0 heterocycles. The Morgan fingerprint density at radius 2 is 1.06 bits per heavy atom. The van der Waals surface area contributed by atoms with Crippen molar-refractivity contribution in [3.63, 3.8) is 0 Å². The van der Waals surface area contributed by atoms with Crippen molar-refractivity contribution in [2.75, 3.05) is 0 Å². The van der Waals surface area contributed by atoms with Gasteiger partial charge < -0.3 is 0 Å². The Kier molecular flexibility index (Phi) is 9.73. The number of hydrogen-bond acceptors (Lipinski definition) is 0. The van der Waals surface area contributed by atoms with E-state index in [1.807, 2.05) is 0 Å². The van der Waals surface area contributed by atoms with Crippen molar-refractivity contribution in [1.29, 1.82) is 0 Å². The maximum absolute atomic E-state index is 2.25. The lowest BCUT2D eigenvalue weighted by atomic mass is 9.91. The summed E-state index contributed by atoms with van der Waals surface area (Å²) < 4.78 is 0. The molecule has 0 aliphatic rings. The van der Waals surface area contributed by atoms with Gasteiger partial charge in [0, 0.05) is 0 Å².